The third-order valence-electron chi connectivity index (χ3n) is 1.66. The smallest absolute Gasteiger partial charge is 0.201 e. The fraction of sp³-hybridized carbons (Fsp3) is 0.125. The number of nitrogens with zero attached hydrogens (tertiary/aromatic N) is 1. The average molecular weight is 201 g/mol. The first-order chi connectivity index (χ1) is 5.66. The van der Waals surface area contributed by atoms with Gasteiger partial charge in [0.15, 0.2) is 0 Å². The fourth-order valence-corrected chi connectivity index (χ4v) is 1.68. The van der Waals surface area contributed by atoms with Crippen LogP contribution in [0.1, 0.15) is 5.56 Å². The summed E-state index contributed by atoms with van der Waals surface area (Å²) in [5, 5.41) is 1.01. The molecule has 0 saturated heterocycles. The van der Waals surface area contributed by atoms with Gasteiger partial charge in [-0.1, -0.05) is 11.6 Å². The van der Waals surface area contributed by atoms with Crippen molar-refractivity contribution < 1.29 is 0 Å². The van der Waals surface area contributed by atoms with E-state index in [1.165, 1.54) is 0 Å². The van der Waals surface area contributed by atoms with Gasteiger partial charge in [-0.05, 0) is 36.2 Å². The fourth-order valence-electron chi connectivity index (χ4n) is 1.18. The van der Waals surface area contributed by atoms with Crippen molar-refractivity contribution in [2.75, 3.05) is 0 Å². The zero-order valence-electron chi connectivity index (χ0n) is 6.36. The first-order valence-electron chi connectivity index (χ1n) is 3.48. The maximum Gasteiger partial charge on any atom is 0.201 e. The highest BCUT2D eigenvalue weighted by Gasteiger charge is 2.04. The van der Waals surface area contributed by atoms with Gasteiger partial charge >= 0.3 is 0 Å². The van der Waals surface area contributed by atoms with Gasteiger partial charge < -0.3 is 4.98 Å². The van der Waals surface area contributed by atoms with Gasteiger partial charge in [-0.15, -0.1) is 0 Å². The van der Waals surface area contributed by atoms with Crippen molar-refractivity contribution in [3.05, 3.63) is 28.0 Å². The summed E-state index contributed by atoms with van der Waals surface area (Å²) in [6, 6.07) is 3.82. The number of imidazole rings is 1. The third kappa shape index (κ3) is 1.17. The molecule has 0 saturated carbocycles. The molecule has 2 rings (SSSR count). The largest absolute Gasteiger partial charge is 0.329 e. The molecular weight excluding hydrogens is 195 g/mol. The Labute approximate surface area is 79.5 Å². The molecule has 1 N–H and O–H groups in total. The van der Waals surface area contributed by atoms with Crippen LogP contribution >= 0.6 is 23.2 Å². The number of aromatic nitrogens is 2. The summed E-state index contributed by atoms with van der Waals surface area (Å²) >= 11 is 11.6. The lowest BCUT2D eigenvalue weighted by Gasteiger charge is -1.94. The molecule has 0 aliphatic rings. The second-order valence-electron chi connectivity index (χ2n) is 2.67. The Bertz CT molecular complexity index is 434. The monoisotopic (exact) mass is 200 g/mol. The van der Waals surface area contributed by atoms with Crippen LogP contribution in [0.3, 0.4) is 0 Å². The molecule has 1 aromatic carbocycles. The van der Waals surface area contributed by atoms with E-state index < -0.39 is 0 Å². The molecule has 0 aliphatic heterocycles. The highest BCUT2D eigenvalue weighted by Crippen LogP contribution is 2.24. The van der Waals surface area contributed by atoms with Crippen LogP contribution in [0.4, 0.5) is 0 Å². The van der Waals surface area contributed by atoms with Crippen LogP contribution in [0.2, 0.25) is 10.3 Å². The van der Waals surface area contributed by atoms with Crippen LogP contribution in [-0.4, -0.2) is 9.97 Å². The minimum atomic E-state index is 0.373. The van der Waals surface area contributed by atoms with E-state index in [2.05, 4.69) is 9.97 Å². The zero-order chi connectivity index (χ0) is 8.72. The van der Waals surface area contributed by atoms with Gasteiger partial charge in [0.25, 0.3) is 0 Å². The number of aromatic amines is 1. The number of benzene rings is 1. The number of aryl methyl sites for hydroxylation is 1. The molecule has 0 bridgehead atoms. The predicted octanol–water partition coefficient (Wildman–Crippen LogP) is 3.18. The number of fused-ring (bicyclic) bond motifs is 1. The Kier molecular flexibility index (Phi) is 1.74. The second-order valence-corrected chi connectivity index (χ2v) is 3.44. The van der Waals surface area contributed by atoms with Gasteiger partial charge in [0.2, 0.25) is 5.28 Å². The molecule has 2 aromatic rings. The number of hydrogen-bond donors (Lipinski definition) is 1. The molecule has 0 amide bonds. The van der Waals surface area contributed by atoms with Crippen molar-refractivity contribution in [2.45, 2.75) is 6.92 Å². The summed E-state index contributed by atoms with van der Waals surface area (Å²) in [6.07, 6.45) is 0. The molecule has 1 aromatic heterocycles. The van der Waals surface area contributed by atoms with Crippen molar-refractivity contribution >= 4 is 34.2 Å². The zero-order valence-corrected chi connectivity index (χ0v) is 7.87. The van der Waals surface area contributed by atoms with E-state index in [4.69, 9.17) is 23.2 Å². The van der Waals surface area contributed by atoms with Gasteiger partial charge in [0.05, 0.1) is 10.5 Å². The van der Waals surface area contributed by atoms with Crippen molar-refractivity contribution in [1.82, 2.24) is 9.97 Å². The molecule has 0 spiro atoms. The number of hydrogen-bond acceptors (Lipinski definition) is 1. The summed E-state index contributed by atoms with van der Waals surface area (Å²) in [5.41, 5.74) is 2.70. The molecule has 2 nitrogen and oxygen atoms in total. The van der Waals surface area contributed by atoms with E-state index in [-0.39, 0.29) is 0 Å². The maximum atomic E-state index is 5.93. The third-order valence-corrected chi connectivity index (χ3v) is 2.12. The van der Waals surface area contributed by atoms with Crippen LogP contribution in [0.25, 0.3) is 11.0 Å². The highest BCUT2D eigenvalue weighted by atomic mass is 35.5. The van der Waals surface area contributed by atoms with E-state index in [1.54, 1.807) is 0 Å². The van der Waals surface area contributed by atoms with Crippen molar-refractivity contribution in [1.29, 1.82) is 0 Å². The summed E-state index contributed by atoms with van der Waals surface area (Å²) in [7, 11) is 0. The van der Waals surface area contributed by atoms with E-state index in [9.17, 15) is 0 Å². The van der Waals surface area contributed by atoms with Crippen LogP contribution < -0.4 is 0 Å². The summed E-state index contributed by atoms with van der Waals surface area (Å²) in [6.45, 7) is 1.97. The van der Waals surface area contributed by atoms with E-state index >= 15 is 0 Å². The van der Waals surface area contributed by atoms with Gasteiger partial charge in [0, 0.05) is 0 Å². The Morgan fingerprint density at radius 3 is 2.83 bits per heavy atom. The molecule has 62 valence electrons. The SMILES string of the molecule is Cc1cc(Cl)c2nc(Cl)[nH]c2c1. The van der Waals surface area contributed by atoms with E-state index in [0.29, 0.717) is 10.3 Å². The lowest BCUT2D eigenvalue weighted by Crippen LogP contribution is -1.75. The quantitative estimate of drug-likeness (QED) is 0.696. The topological polar surface area (TPSA) is 28.7 Å². The first kappa shape index (κ1) is 7.90. The average Bonchev–Trinajstić information content (AvgIpc) is 2.29. The molecule has 0 aliphatic carbocycles. The molecule has 0 radical (unpaired) electrons. The predicted molar refractivity (Wildman–Crippen MR) is 50.9 cm³/mol. The van der Waals surface area contributed by atoms with Crippen molar-refractivity contribution in [3.8, 4) is 0 Å². The number of rotatable bonds is 0. The molecule has 12 heavy (non-hydrogen) atoms. The van der Waals surface area contributed by atoms with Gasteiger partial charge in [0.1, 0.15) is 5.52 Å². The molecule has 4 heteroatoms. The highest BCUT2D eigenvalue weighted by molar-refractivity contribution is 6.35. The van der Waals surface area contributed by atoms with E-state index in [0.717, 1.165) is 16.6 Å². The second kappa shape index (κ2) is 2.64. The molecule has 0 atom stereocenters. The standard InChI is InChI=1S/C8H6Cl2N2/c1-4-2-5(9)7-6(3-4)11-8(10)12-7/h2-3H,1H3,(H,11,12). The minimum absolute atomic E-state index is 0.373. The summed E-state index contributed by atoms with van der Waals surface area (Å²) in [5.74, 6) is 0. The van der Waals surface area contributed by atoms with Crippen LogP contribution in [0.15, 0.2) is 12.1 Å². The van der Waals surface area contributed by atoms with Gasteiger partial charge in [-0.25, -0.2) is 4.98 Å². The Morgan fingerprint density at radius 2 is 2.08 bits per heavy atom. The van der Waals surface area contributed by atoms with Crippen molar-refractivity contribution in [2.24, 2.45) is 0 Å². The number of halogens is 2. The Morgan fingerprint density at radius 1 is 1.33 bits per heavy atom. The molecule has 0 unspecified atom stereocenters. The van der Waals surface area contributed by atoms with Crippen LogP contribution in [0, 0.1) is 6.92 Å². The minimum Gasteiger partial charge on any atom is -0.329 e. The maximum absolute atomic E-state index is 5.93. The first-order valence-corrected chi connectivity index (χ1v) is 4.24. The van der Waals surface area contributed by atoms with Crippen LogP contribution in [-0.2, 0) is 0 Å². The van der Waals surface area contributed by atoms with Crippen LogP contribution in [0.5, 0.6) is 0 Å². The number of nitrogens with one attached hydrogen (secondary N) is 1. The molecule has 0 fully saturated rings. The normalized spacial score (nSPS) is 10.9. The molecular formula is C8H6Cl2N2. The molecule has 1 heterocycles. The lowest BCUT2D eigenvalue weighted by molar-refractivity contribution is 1.34. The summed E-state index contributed by atoms with van der Waals surface area (Å²) < 4.78 is 0. The van der Waals surface area contributed by atoms with Gasteiger partial charge in [-0.3, -0.25) is 0 Å². The van der Waals surface area contributed by atoms with Crippen molar-refractivity contribution in [3.63, 3.8) is 0 Å². The Hall–Kier alpha value is -0.730. The van der Waals surface area contributed by atoms with Gasteiger partial charge in [-0.2, -0.15) is 0 Å². The Balaban J connectivity index is 2.88. The lowest BCUT2D eigenvalue weighted by atomic mass is 10.2. The van der Waals surface area contributed by atoms with E-state index in [1.807, 2.05) is 19.1 Å². The number of H-pyrrole nitrogens is 1. The summed E-state index contributed by atoms with van der Waals surface area (Å²) in [4.78, 5) is 6.94.